The maximum atomic E-state index is 4.35. The van der Waals surface area contributed by atoms with Gasteiger partial charge in [-0.25, -0.2) is 14.6 Å². The molecule has 0 bridgehead atoms. The fourth-order valence-corrected chi connectivity index (χ4v) is 3.61. The van der Waals surface area contributed by atoms with Crippen molar-refractivity contribution in [2.24, 2.45) is 18.4 Å². The van der Waals surface area contributed by atoms with Crippen LogP contribution < -0.4 is 5.32 Å². The third kappa shape index (κ3) is 2.46. The van der Waals surface area contributed by atoms with Crippen LogP contribution in [0, 0.1) is 11.3 Å². The van der Waals surface area contributed by atoms with E-state index in [0.717, 1.165) is 29.3 Å². The summed E-state index contributed by atoms with van der Waals surface area (Å²) in [6, 6.07) is 0.439. The van der Waals surface area contributed by atoms with Gasteiger partial charge in [0.2, 0.25) is 0 Å². The third-order valence-corrected chi connectivity index (χ3v) is 4.12. The van der Waals surface area contributed by atoms with Crippen LogP contribution in [-0.4, -0.2) is 31.0 Å². The molecule has 0 saturated heterocycles. The molecule has 1 N–H and O–H groups in total. The van der Waals surface area contributed by atoms with Crippen LogP contribution in [0.1, 0.15) is 40.0 Å². The predicted octanol–water partition coefficient (Wildman–Crippen LogP) is 2.39. The first kappa shape index (κ1) is 13.3. The van der Waals surface area contributed by atoms with E-state index in [1.165, 1.54) is 12.8 Å². The van der Waals surface area contributed by atoms with Gasteiger partial charge in [-0.1, -0.05) is 26.0 Å². The molecular formula is C14H22N6. The lowest BCUT2D eigenvalue weighted by Gasteiger charge is -2.39. The topological polar surface area (TPSA) is 68.5 Å². The van der Waals surface area contributed by atoms with Crippen molar-refractivity contribution in [1.29, 1.82) is 0 Å². The molecule has 1 saturated carbocycles. The Bertz CT molecular complexity index is 617. The largest absolute Gasteiger partial charge is 0.365 e. The zero-order valence-corrected chi connectivity index (χ0v) is 12.6. The van der Waals surface area contributed by atoms with Crippen molar-refractivity contribution in [1.82, 2.24) is 25.0 Å². The Morgan fingerprint density at radius 1 is 1.30 bits per heavy atom. The smallest absolute Gasteiger partial charge is 0.183 e. The van der Waals surface area contributed by atoms with Crippen LogP contribution in [0.2, 0.25) is 0 Å². The van der Waals surface area contributed by atoms with Crippen LogP contribution in [0.15, 0.2) is 6.33 Å². The molecule has 1 aliphatic rings. The molecular weight excluding hydrogens is 252 g/mol. The first-order chi connectivity index (χ1) is 9.44. The quantitative estimate of drug-likeness (QED) is 0.910. The van der Waals surface area contributed by atoms with Crippen molar-refractivity contribution in [2.45, 2.75) is 46.1 Å². The molecule has 0 aliphatic heterocycles. The van der Waals surface area contributed by atoms with Crippen LogP contribution in [0.25, 0.3) is 11.2 Å². The number of hydrogen-bond donors (Lipinski definition) is 1. The summed E-state index contributed by atoms with van der Waals surface area (Å²) in [5.41, 5.74) is 1.90. The zero-order chi connectivity index (χ0) is 14.3. The Kier molecular flexibility index (Phi) is 3.11. The average molecular weight is 274 g/mol. The number of nitrogens with one attached hydrogen (secondary N) is 1. The molecule has 0 radical (unpaired) electrons. The van der Waals surface area contributed by atoms with Crippen molar-refractivity contribution in [3.05, 3.63) is 6.33 Å². The number of nitrogens with zero attached hydrogens (tertiary/aromatic N) is 5. The maximum Gasteiger partial charge on any atom is 0.183 e. The van der Waals surface area contributed by atoms with Gasteiger partial charge in [-0.2, -0.15) is 0 Å². The lowest BCUT2D eigenvalue weighted by Crippen LogP contribution is -2.35. The van der Waals surface area contributed by atoms with Gasteiger partial charge in [0.05, 0.1) is 0 Å². The van der Waals surface area contributed by atoms with E-state index in [1.807, 2.05) is 7.05 Å². The SMILES string of the molecule is CC1CC(Nc2ncnc3c2nnn3C)CC(C)(C)C1. The average Bonchev–Trinajstić information content (AvgIpc) is 2.70. The molecule has 0 spiro atoms. The molecule has 2 heterocycles. The van der Waals surface area contributed by atoms with Crippen LogP contribution in [0.4, 0.5) is 5.82 Å². The van der Waals surface area contributed by atoms with Crippen molar-refractivity contribution < 1.29 is 0 Å². The molecule has 0 amide bonds. The van der Waals surface area contributed by atoms with Gasteiger partial charge in [0.25, 0.3) is 0 Å². The number of fused-ring (bicyclic) bond motifs is 1. The highest BCUT2D eigenvalue weighted by Gasteiger charge is 2.32. The Labute approximate surface area is 119 Å². The Morgan fingerprint density at radius 2 is 2.10 bits per heavy atom. The normalized spacial score (nSPS) is 25.8. The predicted molar refractivity (Wildman–Crippen MR) is 78.3 cm³/mol. The van der Waals surface area contributed by atoms with Gasteiger partial charge in [-0.05, 0) is 30.6 Å². The van der Waals surface area contributed by atoms with Crippen molar-refractivity contribution in [3.8, 4) is 0 Å². The monoisotopic (exact) mass is 274 g/mol. The van der Waals surface area contributed by atoms with Crippen molar-refractivity contribution in [2.75, 3.05) is 5.32 Å². The summed E-state index contributed by atoms with van der Waals surface area (Å²) in [5, 5.41) is 11.7. The lowest BCUT2D eigenvalue weighted by atomic mass is 9.70. The fraction of sp³-hybridized carbons (Fsp3) is 0.714. The van der Waals surface area contributed by atoms with Gasteiger partial charge in [-0.3, -0.25) is 0 Å². The van der Waals surface area contributed by atoms with Gasteiger partial charge in [-0.15, -0.1) is 5.10 Å². The summed E-state index contributed by atoms with van der Waals surface area (Å²) in [4.78, 5) is 8.57. The van der Waals surface area contributed by atoms with E-state index in [4.69, 9.17) is 0 Å². The number of rotatable bonds is 2. The highest BCUT2D eigenvalue weighted by molar-refractivity contribution is 5.81. The molecule has 6 heteroatoms. The van der Waals surface area contributed by atoms with Gasteiger partial charge in [0.15, 0.2) is 17.0 Å². The van der Waals surface area contributed by atoms with Crippen LogP contribution in [0.3, 0.4) is 0 Å². The zero-order valence-electron chi connectivity index (χ0n) is 12.6. The Hall–Kier alpha value is -1.72. The van der Waals surface area contributed by atoms with E-state index < -0.39 is 0 Å². The van der Waals surface area contributed by atoms with Gasteiger partial charge in [0, 0.05) is 13.1 Å². The standard InChI is InChI=1S/C14H22N6/c1-9-5-10(7-14(2,3)6-9)17-12-11-13(16-8-15-12)20(4)19-18-11/h8-10H,5-7H2,1-4H3,(H,15,16,17). The minimum atomic E-state index is 0.379. The van der Waals surface area contributed by atoms with E-state index >= 15 is 0 Å². The van der Waals surface area contributed by atoms with Crippen LogP contribution in [0.5, 0.6) is 0 Å². The summed E-state index contributed by atoms with van der Waals surface area (Å²) in [5.74, 6) is 1.54. The lowest BCUT2D eigenvalue weighted by molar-refractivity contribution is 0.178. The summed E-state index contributed by atoms with van der Waals surface area (Å²) in [7, 11) is 1.85. The maximum absolute atomic E-state index is 4.35. The minimum Gasteiger partial charge on any atom is -0.365 e. The highest BCUT2D eigenvalue weighted by Crippen LogP contribution is 2.39. The van der Waals surface area contributed by atoms with E-state index in [9.17, 15) is 0 Å². The first-order valence-corrected chi connectivity index (χ1v) is 7.21. The molecule has 3 rings (SSSR count). The molecule has 2 aromatic heterocycles. The molecule has 2 unspecified atom stereocenters. The Balaban J connectivity index is 1.86. The molecule has 1 fully saturated rings. The highest BCUT2D eigenvalue weighted by atomic mass is 15.4. The molecule has 1 aliphatic carbocycles. The second kappa shape index (κ2) is 4.68. The number of aryl methyl sites for hydroxylation is 1. The van der Waals surface area contributed by atoms with Gasteiger partial charge < -0.3 is 5.32 Å². The van der Waals surface area contributed by atoms with E-state index in [2.05, 4.69) is 46.4 Å². The summed E-state index contributed by atoms with van der Waals surface area (Å²) in [6.45, 7) is 7.01. The molecule has 20 heavy (non-hydrogen) atoms. The first-order valence-electron chi connectivity index (χ1n) is 7.21. The van der Waals surface area contributed by atoms with E-state index in [-0.39, 0.29) is 0 Å². The van der Waals surface area contributed by atoms with Crippen LogP contribution in [-0.2, 0) is 7.05 Å². The van der Waals surface area contributed by atoms with Crippen molar-refractivity contribution in [3.63, 3.8) is 0 Å². The molecule has 2 atom stereocenters. The summed E-state index contributed by atoms with van der Waals surface area (Å²) in [6.07, 6.45) is 5.19. The molecule has 6 nitrogen and oxygen atoms in total. The Morgan fingerprint density at radius 3 is 2.85 bits per heavy atom. The molecule has 2 aromatic rings. The van der Waals surface area contributed by atoms with Crippen LogP contribution >= 0.6 is 0 Å². The number of aromatic nitrogens is 5. The van der Waals surface area contributed by atoms with Crippen molar-refractivity contribution >= 4 is 17.0 Å². The summed E-state index contributed by atoms with van der Waals surface area (Å²) < 4.78 is 1.68. The minimum absolute atomic E-state index is 0.379. The summed E-state index contributed by atoms with van der Waals surface area (Å²) >= 11 is 0. The fourth-order valence-electron chi connectivity index (χ4n) is 3.61. The van der Waals surface area contributed by atoms with Gasteiger partial charge >= 0.3 is 0 Å². The number of anilines is 1. The second-order valence-corrected chi connectivity index (χ2v) is 6.86. The van der Waals surface area contributed by atoms with Gasteiger partial charge in [0.1, 0.15) is 6.33 Å². The van der Waals surface area contributed by atoms with E-state index in [0.29, 0.717) is 11.5 Å². The third-order valence-electron chi connectivity index (χ3n) is 4.12. The van der Waals surface area contributed by atoms with E-state index in [1.54, 1.807) is 11.0 Å². The molecule has 0 aromatic carbocycles. The second-order valence-electron chi connectivity index (χ2n) is 6.86. The number of hydrogen-bond acceptors (Lipinski definition) is 5. The molecule has 108 valence electrons.